The molecule has 3 rings (SSSR count). The number of anilines is 1. The van der Waals surface area contributed by atoms with E-state index in [-0.39, 0.29) is 19.1 Å². The van der Waals surface area contributed by atoms with Crippen molar-refractivity contribution in [1.29, 1.82) is 0 Å². The third-order valence-electron chi connectivity index (χ3n) is 3.98. The number of hydrogen-bond acceptors (Lipinski definition) is 5. The van der Waals surface area contributed by atoms with Crippen LogP contribution in [-0.4, -0.2) is 17.0 Å². The normalized spacial score (nSPS) is 10.2. The topological polar surface area (TPSA) is 97.6 Å². The van der Waals surface area contributed by atoms with Gasteiger partial charge in [-0.2, -0.15) is 0 Å². The Labute approximate surface area is 162 Å². The molecule has 3 N–H and O–H groups in total. The minimum Gasteiger partial charge on any atom is -0.445 e. The predicted octanol–water partition coefficient (Wildman–Crippen LogP) is 3.03. The molecule has 28 heavy (non-hydrogen) atoms. The lowest BCUT2D eigenvalue weighted by Gasteiger charge is -2.16. The van der Waals surface area contributed by atoms with Crippen LogP contribution in [0.2, 0.25) is 0 Å². The Morgan fingerprint density at radius 2 is 1.71 bits per heavy atom. The van der Waals surface area contributed by atoms with Gasteiger partial charge in [0.1, 0.15) is 6.61 Å². The van der Waals surface area contributed by atoms with E-state index in [9.17, 15) is 9.59 Å². The van der Waals surface area contributed by atoms with E-state index < -0.39 is 6.09 Å². The molecule has 0 saturated carbocycles. The minimum absolute atomic E-state index is 0.152. The maximum atomic E-state index is 12.4. The van der Waals surface area contributed by atoms with Crippen LogP contribution in [0.4, 0.5) is 10.5 Å². The molecule has 1 heterocycles. The standard InChI is InChI=1S/C21H20N4O3/c22-25(19-6-2-1-3-7-19)20(26)18-10-8-16(9-11-18)14-24-21(27)28-15-17-5-4-12-23-13-17/h1-13H,14-15,22H2,(H,24,27). The molecule has 0 bridgehead atoms. The quantitative estimate of drug-likeness (QED) is 0.391. The fourth-order valence-corrected chi connectivity index (χ4v) is 2.47. The van der Waals surface area contributed by atoms with E-state index in [4.69, 9.17) is 10.6 Å². The SMILES string of the molecule is NN(C(=O)c1ccc(CNC(=O)OCc2cccnc2)cc1)c1ccccc1. The van der Waals surface area contributed by atoms with Crippen molar-refractivity contribution in [2.75, 3.05) is 5.01 Å². The number of nitrogens with two attached hydrogens (primary N) is 1. The van der Waals surface area contributed by atoms with Gasteiger partial charge in [-0.1, -0.05) is 36.4 Å². The monoisotopic (exact) mass is 376 g/mol. The first-order valence-corrected chi connectivity index (χ1v) is 8.66. The number of amides is 2. The van der Waals surface area contributed by atoms with Crippen LogP contribution in [0.15, 0.2) is 79.1 Å². The Balaban J connectivity index is 1.50. The smallest absolute Gasteiger partial charge is 0.407 e. The second kappa shape index (κ2) is 9.29. The van der Waals surface area contributed by atoms with Crippen LogP contribution in [0.5, 0.6) is 0 Å². The third kappa shape index (κ3) is 5.15. The number of carbonyl (C=O) groups excluding carboxylic acids is 2. The summed E-state index contributed by atoms with van der Waals surface area (Å²) in [6, 6.07) is 19.4. The number of alkyl carbamates (subject to hydrolysis) is 1. The molecule has 142 valence electrons. The Morgan fingerprint density at radius 3 is 2.39 bits per heavy atom. The summed E-state index contributed by atoms with van der Waals surface area (Å²) < 4.78 is 5.12. The van der Waals surface area contributed by atoms with Gasteiger partial charge in [0.15, 0.2) is 0 Å². The average molecular weight is 376 g/mol. The lowest BCUT2D eigenvalue weighted by molar-refractivity contribution is 0.0986. The van der Waals surface area contributed by atoms with Gasteiger partial charge in [-0.15, -0.1) is 0 Å². The molecule has 0 spiro atoms. The Morgan fingerprint density at radius 1 is 0.964 bits per heavy atom. The largest absolute Gasteiger partial charge is 0.445 e. The zero-order valence-electron chi connectivity index (χ0n) is 15.1. The van der Waals surface area contributed by atoms with Gasteiger partial charge in [0.25, 0.3) is 5.91 Å². The van der Waals surface area contributed by atoms with Gasteiger partial charge >= 0.3 is 6.09 Å². The second-order valence-electron chi connectivity index (χ2n) is 6.00. The van der Waals surface area contributed by atoms with Crippen molar-refractivity contribution in [2.45, 2.75) is 13.2 Å². The highest BCUT2D eigenvalue weighted by molar-refractivity contribution is 6.05. The number of hydrazine groups is 1. The lowest BCUT2D eigenvalue weighted by Crippen LogP contribution is -2.37. The molecule has 7 nitrogen and oxygen atoms in total. The van der Waals surface area contributed by atoms with Crippen LogP contribution in [-0.2, 0) is 17.9 Å². The van der Waals surface area contributed by atoms with Crippen LogP contribution in [0.1, 0.15) is 21.5 Å². The molecule has 2 amide bonds. The van der Waals surface area contributed by atoms with Crippen LogP contribution in [0, 0.1) is 0 Å². The number of pyridine rings is 1. The predicted molar refractivity (Wildman–Crippen MR) is 105 cm³/mol. The van der Waals surface area contributed by atoms with E-state index in [1.54, 1.807) is 54.9 Å². The molecular weight excluding hydrogens is 356 g/mol. The van der Waals surface area contributed by atoms with E-state index in [1.165, 1.54) is 0 Å². The lowest BCUT2D eigenvalue weighted by atomic mass is 10.1. The first kappa shape index (κ1) is 19.1. The summed E-state index contributed by atoms with van der Waals surface area (Å²) in [5.41, 5.74) is 2.70. The Kier molecular flexibility index (Phi) is 6.33. The van der Waals surface area contributed by atoms with E-state index >= 15 is 0 Å². The number of hydrogen-bond donors (Lipinski definition) is 2. The first-order valence-electron chi connectivity index (χ1n) is 8.66. The van der Waals surface area contributed by atoms with Gasteiger partial charge in [0.2, 0.25) is 0 Å². The highest BCUT2D eigenvalue weighted by atomic mass is 16.5. The number of benzene rings is 2. The number of aromatic nitrogens is 1. The van der Waals surface area contributed by atoms with Crippen LogP contribution in [0.25, 0.3) is 0 Å². The molecular formula is C21H20N4O3. The summed E-state index contributed by atoms with van der Waals surface area (Å²) in [6.45, 7) is 0.435. The van der Waals surface area contributed by atoms with Crippen molar-refractivity contribution in [3.63, 3.8) is 0 Å². The number of rotatable bonds is 6. The summed E-state index contributed by atoms with van der Waals surface area (Å²) >= 11 is 0. The molecule has 0 unspecified atom stereocenters. The summed E-state index contributed by atoms with van der Waals surface area (Å²) in [5.74, 6) is 5.58. The molecule has 0 saturated heterocycles. The molecule has 0 aliphatic carbocycles. The van der Waals surface area contributed by atoms with Crippen LogP contribution in [0.3, 0.4) is 0 Å². The molecule has 1 aromatic heterocycles. The number of para-hydroxylation sites is 1. The maximum Gasteiger partial charge on any atom is 0.407 e. The molecule has 0 aliphatic heterocycles. The zero-order chi connectivity index (χ0) is 19.8. The maximum absolute atomic E-state index is 12.4. The fraction of sp³-hybridized carbons (Fsp3) is 0.0952. The van der Waals surface area contributed by atoms with Crippen molar-refractivity contribution in [3.8, 4) is 0 Å². The number of ether oxygens (including phenoxy) is 1. The van der Waals surface area contributed by atoms with Gasteiger partial charge in [-0.25, -0.2) is 15.6 Å². The van der Waals surface area contributed by atoms with E-state index in [2.05, 4.69) is 10.3 Å². The van der Waals surface area contributed by atoms with Crippen molar-refractivity contribution in [2.24, 2.45) is 5.84 Å². The second-order valence-corrected chi connectivity index (χ2v) is 6.00. The summed E-state index contributed by atoms with van der Waals surface area (Å²) in [5, 5.41) is 3.77. The number of nitrogens with zero attached hydrogens (tertiary/aromatic N) is 2. The summed E-state index contributed by atoms with van der Waals surface area (Å²) in [7, 11) is 0. The molecule has 0 atom stereocenters. The highest BCUT2D eigenvalue weighted by Gasteiger charge is 2.14. The molecule has 2 aromatic carbocycles. The van der Waals surface area contributed by atoms with Gasteiger partial charge in [-0.05, 0) is 35.9 Å². The molecule has 0 aliphatic rings. The minimum atomic E-state index is -0.527. The summed E-state index contributed by atoms with van der Waals surface area (Å²) in [6.07, 6.45) is 2.77. The fourth-order valence-electron chi connectivity index (χ4n) is 2.47. The number of carbonyl (C=O) groups is 2. The first-order chi connectivity index (χ1) is 13.6. The summed E-state index contributed by atoms with van der Waals surface area (Å²) in [4.78, 5) is 28.2. The van der Waals surface area contributed by atoms with Crippen molar-refractivity contribution in [1.82, 2.24) is 10.3 Å². The molecule has 7 heteroatoms. The van der Waals surface area contributed by atoms with Crippen LogP contribution < -0.4 is 16.2 Å². The van der Waals surface area contributed by atoms with E-state index in [0.717, 1.165) is 16.1 Å². The molecule has 3 aromatic rings. The van der Waals surface area contributed by atoms with E-state index in [0.29, 0.717) is 11.3 Å². The van der Waals surface area contributed by atoms with Gasteiger partial charge < -0.3 is 10.1 Å². The average Bonchev–Trinajstić information content (AvgIpc) is 2.77. The van der Waals surface area contributed by atoms with Gasteiger partial charge in [-0.3, -0.25) is 9.78 Å². The highest BCUT2D eigenvalue weighted by Crippen LogP contribution is 2.14. The Bertz CT molecular complexity index is 915. The molecule has 0 radical (unpaired) electrons. The van der Waals surface area contributed by atoms with E-state index in [1.807, 2.05) is 24.3 Å². The van der Waals surface area contributed by atoms with Gasteiger partial charge in [0, 0.05) is 30.1 Å². The van der Waals surface area contributed by atoms with Crippen molar-refractivity contribution in [3.05, 3.63) is 95.8 Å². The third-order valence-corrected chi connectivity index (χ3v) is 3.98. The van der Waals surface area contributed by atoms with Crippen LogP contribution >= 0.6 is 0 Å². The Hall–Kier alpha value is -3.71. The van der Waals surface area contributed by atoms with Gasteiger partial charge in [0.05, 0.1) is 5.69 Å². The van der Waals surface area contributed by atoms with Crippen molar-refractivity contribution >= 4 is 17.7 Å². The number of nitrogens with one attached hydrogen (secondary N) is 1. The zero-order valence-corrected chi connectivity index (χ0v) is 15.1. The van der Waals surface area contributed by atoms with Crippen molar-refractivity contribution < 1.29 is 14.3 Å². The molecule has 0 fully saturated rings.